The Morgan fingerprint density at radius 2 is 2.22 bits per heavy atom. The molecule has 1 fully saturated rings. The molecular weight excluding hydrogens is 249 g/mol. The quantitative estimate of drug-likeness (QED) is 0.902. The molecule has 100 valence electrons. The van der Waals surface area contributed by atoms with E-state index >= 15 is 0 Å². The minimum Gasteiger partial charge on any atom is -0.494 e. The molecule has 0 aliphatic carbocycles. The van der Waals surface area contributed by atoms with Crippen molar-refractivity contribution in [1.82, 2.24) is 0 Å². The van der Waals surface area contributed by atoms with Gasteiger partial charge in [-0.15, -0.1) is 0 Å². The third kappa shape index (κ3) is 2.91. The van der Waals surface area contributed by atoms with Crippen molar-refractivity contribution < 1.29 is 9.13 Å². The van der Waals surface area contributed by atoms with E-state index in [4.69, 9.17) is 4.74 Å². The van der Waals surface area contributed by atoms with E-state index in [9.17, 15) is 4.39 Å². The van der Waals surface area contributed by atoms with Crippen LogP contribution in [0.4, 0.5) is 10.1 Å². The van der Waals surface area contributed by atoms with Gasteiger partial charge in [0, 0.05) is 17.9 Å². The number of rotatable bonds is 3. The Balaban J connectivity index is 2.17. The summed E-state index contributed by atoms with van der Waals surface area (Å²) in [6.45, 7) is 4.56. The van der Waals surface area contributed by atoms with Crippen LogP contribution in [0.2, 0.25) is 0 Å². The maximum atomic E-state index is 13.2. The minimum atomic E-state index is -0.269. The lowest BCUT2D eigenvalue weighted by atomic mass is 9.82. The molecule has 0 amide bonds. The average Bonchev–Trinajstić information content (AvgIpc) is 2.33. The topological polar surface area (TPSA) is 21.3 Å². The number of benzene rings is 1. The van der Waals surface area contributed by atoms with Gasteiger partial charge in [-0.3, -0.25) is 0 Å². The molecule has 1 aliphatic heterocycles. The summed E-state index contributed by atoms with van der Waals surface area (Å²) in [7, 11) is 1.57. The number of nitrogens with one attached hydrogen (secondary N) is 1. The van der Waals surface area contributed by atoms with E-state index < -0.39 is 0 Å². The molecule has 2 rings (SSSR count). The van der Waals surface area contributed by atoms with E-state index in [1.165, 1.54) is 24.3 Å². The standard InChI is InChI=1S/C14H20FNOS/c1-14(2)6-7-18-9-13(14)16-11-5-4-10(15)8-12(11)17-3/h4-5,8,13,16H,6-7,9H2,1-3H3. The molecule has 0 spiro atoms. The highest BCUT2D eigenvalue weighted by atomic mass is 32.2. The largest absolute Gasteiger partial charge is 0.494 e. The van der Waals surface area contributed by atoms with Crippen LogP contribution in [0, 0.1) is 11.2 Å². The molecular formula is C14H20FNOS. The lowest BCUT2D eigenvalue weighted by Crippen LogP contribution is -2.41. The predicted octanol–water partition coefficient (Wildman–Crippen LogP) is 3.78. The molecule has 0 bridgehead atoms. The normalized spacial score (nSPS) is 22.6. The van der Waals surface area contributed by atoms with Crippen molar-refractivity contribution in [1.29, 1.82) is 0 Å². The first-order chi connectivity index (χ1) is 8.53. The van der Waals surface area contributed by atoms with Gasteiger partial charge in [-0.05, 0) is 29.7 Å². The maximum absolute atomic E-state index is 13.2. The summed E-state index contributed by atoms with van der Waals surface area (Å²) in [6, 6.07) is 5.03. The second kappa shape index (κ2) is 5.39. The first-order valence-corrected chi connectivity index (χ1v) is 7.36. The highest BCUT2D eigenvalue weighted by molar-refractivity contribution is 7.99. The number of thioether (sulfide) groups is 1. The molecule has 1 heterocycles. The number of methoxy groups -OCH3 is 1. The lowest BCUT2D eigenvalue weighted by Gasteiger charge is -2.39. The van der Waals surface area contributed by atoms with Crippen LogP contribution in [0.5, 0.6) is 5.75 Å². The zero-order valence-corrected chi connectivity index (χ0v) is 11.9. The highest BCUT2D eigenvalue weighted by Crippen LogP contribution is 2.37. The Kier molecular flexibility index (Phi) is 4.05. The molecule has 1 aromatic carbocycles. The molecule has 1 unspecified atom stereocenters. The Morgan fingerprint density at radius 3 is 2.89 bits per heavy atom. The van der Waals surface area contributed by atoms with Gasteiger partial charge >= 0.3 is 0 Å². The highest BCUT2D eigenvalue weighted by Gasteiger charge is 2.32. The van der Waals surface area contributed by atoms with Crippen molar-refractivity contribution >= 4 is 17.4 Å². The SMILES string of the molecule is COc1cc(F)ccc1NC1CSCCC1(C)C. The molecule has 0 aromatic heterocycles. The molecule has 1 aromatic rings. The Morgan fingerprint density at radius 1 is 1.44 bits per heavy atom. The fourth-order valence-electron chi connectivity index (χ4n) is 2.15. The van der Waals surface area contributed by atoms with Gasteiger partial charge in [0.25, 0.3) is 0 Å². The number of halogens is 1. The van der Waals surface area contributed by atoms with Crippen molar-refractivity contribution in [2.75, 3.05) is 23.9 Å². The van der Waals surface area contributed by atoms with Crippen LogP contribution in [-0.2, 0) is 0 Å². The van der Waals surface area contributed by atoms with E-state index in [2.05, 4.69) is 19.2 Å². The monoisotopic (exact) mass is 269 g/mol. The Labute approximate surface area is 112 Å². The fraction of sp³-hybridized carbons (Fsp3) is 0.571. The zero-order valence-electron chi connectivity index (χ0n) is 11.1. The molecule has 1 N–H and O–H groups in total. The Hall–Kier alpha value is -0.900. The average molecular weight is 269 g/mol. The lowest BCUT2D eigenvalue weighted by molar-refractivity contribution is 0.304. The summed E-state index contributed by atoms with van der Waals surface area (Å²) in [5.74, 6) is 2.59. The van der Waals surface area contributed by atoms with Crippen LogP contribution in [0.15, 0.2) is 18.2 Å². The van der Waals surface area contributed by atoms with Crippen LogP contribution < -0.4 is 10.1 Å². The molecule has 4 heteroatoms. The first-order valence-electron chi connectivity index (χ1n) is 6.21. The second-order valence-electron chi connectivity index (χ2n) is 5.36. The third-order valence-electron chi connectivity index (χ3n) is 3.61. The number of hydrogen-bond donors (Lipinski definition) is 1. The minimum absolute atomic E-state index is 0.255. The molecule has 0 radical (unpaired) electrons. The first kappa shape index (κ1) is 13.5. The number of anilines is 1. The van der Waals surface area contributed by atoms with Gasteiger partial charge in [0.1, 0.15) is 11.6 Å². The maximum Gasteiger partial charge on any atom is 0.144 e. The summed E-state index contributed by atoms with van der Waals surface area (Å²) in [5.41, 5.74) is 1.13. The van der Waals surface area contributed by atoms with Crippen LogP contribution in [-0.4, -0.2) is 24.7 Å². The van der Waals surface area contributed by atoms with E-state index in [-0.39, 0.29) is 11.2 Å². The van der Waals surface area contributed by atoms with Crippen molar-refractivity contribution in [2.24, 2.45) is 5.41 Å². The van der Waals surface area contributed by atoms with Gasteiger partial charge in [0.05, 0.1) is 12.8 Å². The van der Waals surface area contributed by atoms with Gasteiger partial charge in [-0.2, -0.15) is 11.8 Å². The van der Waals surface area contributed by atoms with Crippen LogP contribution in [0.3, 0.4) is 0 Å². The third-order valence-corrected chi connectivity index (χ3v) is 4.67. The fourth-order valence-corrected chi connectivity index (χ4v) is 3.75. The molecule has 0 saturated carbocycles. The summed E-state index contributed by atoms with van der Waals surface area (Å²) in [6.07, 6.45) is 1.19. The van der Waals surface area contributed by atoms with Crippen LogP contribution in [0.25, 0.3) is 0 Å². The predicted molar refractivity (Wildman–Crippen MR) is 76.1 cm³/mol. The van der Waals surface area contributed by atoms with Gasteiger partial charge in [-0.25, -0.2) is 4.39 Å². The van der Waals surface area contributed by atoms with Crippen molar-refractivity contribution in [3.63, 3.8) is 0 Å². The van der Waals surface area contributed by atoms with Gasteiger partial charge in [0.2, 0.25) is 0 Å². The van der Waals surface area contributed by atoms with Crippen molar-refractivity contribution in [2.45, 2.75) is 26.3 Å². The van der Waals surface area contributed by atoms with E-state index in [1.807, 2.05) is 11.8 Å². The van der Waals surface area contributed by atoms with Crippen molar-refractivity contribution in [3.8, 4) is 5.75 Å². The van der Waals surface area contributed by atoms with E-state index in [1.54, 1.807) is 13.2 Å². The van der Waals surface area contributed by atoms with Gasteiger partial charge in [-0.1, -0.05) is 13.8 Å². The van der Waals surface area contributed by atoms with Crippen LogP contribution in [0.1, 0.15) is 20.3 Å². The van der Waals surface area contributed by atoms with E-state index in [0.717, 1.165) is 11.4 Å². The summed E-state index contributed by atoms with van der Waals surface area (Å²) >= 11 is 1.96. The van der Waals surface area contributed by atoms with E-state index in [0.29, 0.717) is 11.8 Å². The molecule has 1 saturated heterocycles. The second-order valence-corrected chi connectivity index (χ2v) is 6.50. The molecule has 1 atom stereocenters. The zero-order chi connectivity index (χ0) is 13.2. The number of ether oxygens (including phenoxy) is 1. The summed E-state index contributed by atoms with van der Waals surface area (Å²) in [5, 5.41) is 3.51. The number of hydrogen-bond acceptors (Lipinski definition) is 3. The molecule has 1 aliphatic rings. The molecule has 2 nitrogen and oxygen atoms in total. The van der Waals surface area contributed by atoms with Gasteiger partial charge in [0.15, 0.2) is 0 Å². The Bertz CT molecular complexity index is 422. The summed E-state index contributed by atoms with van der Waals surface area (Å²) in [4.78, 5) is 0. The summed E-state index contributed by atoms with van der Waals surface area (Å²) < 4.78 is 18.4. The smallest absolute Gasteiger partial charge is 0.144 e. The molecule has 18 heavy (non-hydrogen) atoms. The van der Waals surface area contributed by atoms with Gasteiger partial charge < -0.3 is 10.1 Å². The van der Waals surface area contributed by atoms with Crippen LogP contribution >= 0.6 is 11.8 Å². The van der Waals surface area contributed by atoms with Crippen molar-refractivity contribution in [3.05, 3.63) is 24.0 Å².